The van der Waals surface area contributed by atoms with E-state index >= 15 is 0 Å². The lowest BCUT2D eigenvalue weighted by Gasteiger charge is -2.02. The van der Waals surface area contributed by atoms with Crippen LogP contribution in [0.4, 0.5) is 8.78 Å². The molecule has 0 fully saturated rings. The Morgan fingerprint density at radius 3 is 2.36 bits per heavy atom. The fourth-order valence-electron chi connectivity index (χ4n) is 0.983. The molecule has 0 aliphatic carbocycles. The van der Waals surface area contributed by atoms with Crippen LogP contribution < -0.4 is 0 Å². The Labute approximate surface area is 85.6 Å². The third-order valence-corrected chi connectivity index (χ3v) is 1.90. The van der Waals surface area contributed by atoms with Gasteiger partial charge in [-0.2, -0.15) is 0 Å². The maximum atomic E-state index is 13.2. The topological polar surface area (TPSA) is 20.2 Å². The smallest absolute Gasteiger partial charge is 0.134 e. The van der Waals surface area contributed by atoms with E-state index in [1.165, 1.54) is 6.08 Å². The van der Waals surface area contributed by atoms with Crippen LogP contribution >= 0.6 is 11.6 Å². The van der Waals surface area contributed by atoms with Crippen molar-refractivity contribution in [2.24, 2.45) is 0 Å². The number of rotatable bonds is 2. The Balaban J connectivity index is 3.21. The predicted octanol–water partition coefficient (Wildman–Crippen LogP) is 3.01. The molecule has 0 aliphatic rings. The Morgan fingerprint density at radius 1 is 1.43 bits per heavy atom. The van der Waals surface area contributed by atoms with Crippen molar-refractivity contribution in [2.75, 3.05) is 6.61 Å². The van der Waals surface area contributed by atoms with Crippen molar-refractivity contribution in [2.45, 2.75) is 6.92 Å². The van der Waals surface area contributed by atoms with Crippen LogP contribution in [0.1, 0.15) is 12.5 Å². The van der Waals surface area contributed by atoms with Gasteiger partial charge in [-0.15, -0.1) is 0 Å². The van der Waals surface area contributed by atoms with E-state index in [2.05, 4.69) is 0 Å². The standard InChI is InChI=1S/C10H9ClF2O/c1-6(5-14)2-8-9(12)3-7(11)4-10(8)13/h2-4,14H,5H2,1H3. The van der Waals surface area contributed by atoms with E-state index in [-0.39, 0.29) is 17.2 Å². The molecule has 0 bridgehead atoms. The van der Waals surface area contributed by atoms with Gasteiger partial charge in [-0.05, 0) is 30.7 Å². The summed E-state index contributed by atoms with van der Waals surface area (Å²) in [6, 6.07) is 2.06. The molecular weight excluding hydrogens is 210 g/mol. The average Bonchev–Trinajstić information content (AvgIpc) is 2.10. The molecule has 4 heteroatoms. The molecule has 1 N–H and O–H groups in total. The minimum absolute atomic E-state index is 0.0128. The first-order valence-electron chi connectivity index (χ1n) is 3.97. The second kappa shape index (κ2) is 4.53. The second-order valence-corrected chi connectivity index (χ2v) is 3.37. The van der Waals surface area contributed by atoms with E-state index in [0.29, 0.717) is 5.57 Å². The van der Waals surface area contributed by atoms with Gasteiger partial charge in [0.1, 0.15) is 11.6 Å². The first-order valence-corrected chi connectivity index (χ1v) is 4.35. The van der Waals surface area contributed by atoms with Crippen molar-refractivity contribution in [3.63, 3.8) is 0 Å². The van der Waals surface area contributed by atoms with Crippen LogP contribution in [0.25, 0.3) is 6.08 Å². The van der Waals surface area contributed by atoms with Gasteiger partial charge >= 0.3 is 0 Å². The van der Waals surface area contributed by atoms with Gasteiger partial charge < -0.3 is 5.11 Å². The van der Waals surface area contributed by atoms with Crippen molar-refractivity contribution in [1.29, 1.82) is 0 Å². The van der Waals surface area contributed by atoms with Gasteiger partial charge in [-0.3, -0.25) is 0 Å². The van der Waals surface area contributed by atoms with Crippen molar-refractivity contribution in [3.05, 3.63) is 39.9 Å². The molecule has 0 atom stereocenters. The largest absolute Gasteiger partial charge is 0.392 e. The highest BCUT2D eigenvalue weighted by molar-refractivity contribution is 6.30. The van der Waals surface area contributed by atoms with Gasteiger partial charge in [0.2, 0.25) is 0 Å². The SMILES string of the molecule is CC(=Cc1c(F)cc(Cl)cc1F)CO. The van der Waals surface area contributed by atoms with Crippen molar-refractivity contribution >= 4 is 17.7 Å². The van der Waals surface area contributed by atoms with Crippen LogP contribution in [-0.2, 0) is 0 Å². The van der Waals surface area contributed by atoms with E-state index in [1.807, 2.05) is 0 Å². The number of hydrogen-bond acceptors (Lipinski definition) is 1. The lowest BCUT2D eigenvalue weighted by molar-refractivity contribution is 0.332. The van der Waals surface area contributed by atoms with Crippen LogP contribution in [0.2, 0.25) is 5.02 Å². The van der Waals surface area contributed by atoms with Crippen LogP contribution in [0, 0.1) is 11.6 Å². The average molecular weight is 219 g/mol. The van der Waals surface area contributed by atoms with Crippen LogP contribution in [-0.4, -0.2) is 11.7 Å². The molecule has 0 spiro atoms. The third-order valence-electron chi connectivity index (χ3n) is 1.68. The van der Waals surface area contributed by atoms with E-state index in [9.17, 15) is 8.78 Å². The van der Waals surface area contributed by atoms with E-state index < -0.39 is 11.6 Å². The molecule has 0 heterocycles. The highest BCUT2D eigenvalue weighted by atomic mass is 35.5. The first kappa shape index (κ1) is 11.1. The molecule has 0 saturated carbocycles. The number of benzene rings is 1. The van der Waals surface area contributed by atoms with Crippen LogP contribution in [0.3, 0.4) is 0 Å². The Bertz CT molecular complexity index is 351. The van der Waals surface area contributed by atoms with E-state index in [1.54, 1.807) is 6.92 Å². The summed E-state index contributed by atoms with van der Waals surface area (Å²) in [7, 11) is 0. The van der Waals surface area contributed by atoms with Crippen LogP contribution in [0.15, 0.2) is 17.7 Å². The summed E-state index contributed by atoms with van der Waals surface area (Å²) in [6.07, 6.45) is 1.25. The molecule has 1 aromatic carbocycles. The lowest BCUT2D eigenvalue weighted by Crippen LogP contribution is -1.91. The van der Waals surface area contributed by atoms with Gasteiger partial charge in [0.05, 0.1) is 6.61 Å². The Morgan fingerprint density at radius 2 is 1.93 bits per heavy atom. The zero-order valence-corrected chi connectivity index (χ0v) is 8.28. The zero-order chi connectivity index (χ0) is 10.7. The first-order chi connectivity index (χ1) is 6.54. The van der Waals surface area contributed by atoms with Crippen molar-refractivity contribution < 1.29 is 13.9 Å². The molecule has 0 aromatic heterocycles. The molecule has 0 unspecified atom stereocenters. The molecule has 0 aliphatic heterocycles. The number of halogens is 3. The van der Waals surface area contributed by atoms with Gasteiger partial charge in [0.25, 0.3) is 0 Å². The summed E-state index contributed by atoms with van der Waals surface area (Å²) in [5.41, 5.74) is 0.297. The molecule has 14 heavy (non-hydrogen) atoms. The summed E-state index contributed by atoms with van der Waals surface area (Å²) < 4.78 is 26.3. The fraction of sp³-hybridized carbons (Fsp3) is 0.200. The number of hydrogen-bond donors (Lipinski definition) is 1. The summed E-state index contributed by atoms with van der Waals surface area (Å²) in [5.74, 6) is -1.47. The molecule has 0 saturated heterocycles. The van der Waals surface area contributed by atoms with Crippen LogP contribution in [0.5, 0.6) is 0 Å². The highest BCUT2D eigenvalue weighted by Crippen LogP contribution is 2.21. The maximum absolute atomic E-state index is 13.2. The molecule has 1 nitrogen and oxygen atoms in total. The molecule has 1 aromatic rings. The van der Waals surface area contributed by atoms with Crippen molar-refractivity contribution in [3.8, 4) is 0 Å². The summed E-state index contributed by atoms with van der Waals surface area (Å²) in [6.45, 7) is 1.34. The summed E-state index contributed by atoms with van der Waals surface area (Å²) in [5, 5.41) is 8.71. The molecule has 76 valence electrons. The molecule has 1 rings (SSSR count). The Kier molecular flexibility index (Phi) is 3.61. The predicted molar refractivity (Wildman–Crippen MR) is 52.1 cm³/mol. The quantitative estimate of drug-likeness (QED) is 0.809. The molecular formula is C10H9ClF2O. The zero-order valence-electron chi connectivity index (χ0n) is 7.52. The minimum atomic E-state index is -0.734. The van der Waals surface area contributed by atoms with Gasteiger partial charge in [0.15, 0.2) is 0 Å². The van der Waals surface area contributed by atoms with E-state index in [0.717, 1.165) is 12.1 Å². The van der Waals surface area contributed by atoms with Gasteiger partial charge in [0, 0.05) is 10.6 Å². The third kappa shape index (κ3) is 2.53. The van der Waals surface area contributed by atoms with E-state index in [4.69, 9.17) is 16.7 Å². The lowest BCUT2D eigenvalue weighted by atomic mass is 10.1. The van der Waals surface area contributed by atoms with Gasteiger partial charge in [-0.25, -0.2) is 8.78 Å². The second-order valence-electron chi connectivity index (χ2n) is 2.93. The highest BCUT2D eigenvalue weighted by Gasteiger charge is 2.08. The monoisotopic (exact) mass is 218 g/mol. The van der Waals surface area contributed by atoms with Crippen molar-refractivity contribution in [1.82, 2.24) is 0 Å². The summed E-state index contributed by atoms with van der Waals surface area (Å²) in [4.78, 5) is 0. The van der Waals surface area contributed by atoms with Gasteiger partial charge in [-0.1, -0.05) is 11.6 Å². The summed E-state index contributed by atoms with van der Waals surface area (Å²) >= 11 is 5.44. The fourth-order valence-corrected chi connectivity index (χ4v) is 1.17. The molecule has 0 radical (unpaired) electrons. The number of aliphatic hydroxyl groups excluding tert-OH is 1. The minimum Gasteiger partial charge on any atom is -0.392 e. The molecule has 0 amide bonds. The normalized spacial score (nSPS) is 11.9. The number of aliphatic hydroxyl groups is 1. The Hall–Kier alpha value is -0.930. The maximum Gasteiger partial charge on any atom is 0.134 e.